The Morgan fingerprint density at radius 2 is 0.615 bits per heavy atom. The number of hydrogen-bond donors (Lipinski definition) is 0. The van der Waals surface area contributed by atoms with Crippen LogP contribution in [0.4, 0.5) is 0 Å². The first-order valence-electron chi connectivity index (χ1n) is 4.47. The summed E-state index contributed by atoms with van der Waals surface area (Å²) in [6, 6.07) is 0. The molecule has 0 aromatic heterocycles. The average Bonchev–Trinajstić information content (AvgIpc) is 1.82. The van der Waals surface area contributed by atoms with E-state index >= 15 is 0 Å². The Morgan fingerprint density at radius 1 is 0.462 bits per heavy atom. The minimum absolute atomic E-state index is 2.18. The van der Waals surface area contributed by atoms with Crippen molar-refractivity contribution in [2.24, 2.45) is 0 Å². The van der Waals surface area contributed by atoms with Crippen LogP contribution in [-0.4, -0.2) is 88.3 Å². The molecule has 0 saturated heterocycles. The summed E-state index contributed by atoms with van der Waals surface area (Å²) in [5.41, 5.74) is 0. The van der Waals surface area contributed by atoms with Gasteiger partial charge in [0.2, 0.25) is 0 Å². The SMILES string of the molecule is C[N](C)[Sn]([N](C)C)([N](C)C)[N](C)C. The zero-order valence-electron chi connectivity index (χ0n) is 10.3. The maximum absolute atomic E-state index is 2.59. The van der Waals surface area contributed by atoms with Crippen molar-refractivity contribution >= 4 is 19.5 Å². The first-order chi connectivity index (χ1) is 5.77. The second-order valence-corrected chi connectivity index (χ2v) is 17.8. The van der Waals surface area contributed by atoms with Crippen molar-refractivity contribution in [3.05, 3.63) is 0 Å². The first kappa shape index (κ1) is 13.6. The molecule has 0 N–H and O–H groups in total. The molecule has 0 aromatic carbocycles. The molecule has 0 aliphatic heterocycles. The molecule has 4 nitrogen and oxygen atoms in total. The summed E-state index contributed by atoms with van der Waals surface area (Å²) < 4.78 is 9.59. The molecule has 0 aliphatic rings. The van der Waals surface area contributed by atoms with Gasteiger partial charge in [-0.2, -0.15) is 0 Å². The molecule has 0 bridgehead atoms. The molecule has 0 saturated carbocycles. The van der Waals surface area contributed by atoms with Gasteiger partial charge in [0, 0.05) is 0 Å². The second-order valence-electron chi connectivity index (χ2n) is 4.18. The number of nitrogens with zero attached hydrogens (tertiary/aromatic N) is 4. The van der Waals surface area contributed by atoms with Gasteiger partial charge in [0.15, 0.2) is 0 Å². The Balaban J connectivity index is 5.06. The molecule has 80 valence electrons. The van der Waals surface area contributed by atoms with Crippen LogP contribution in [0, 0.1) is 0 Å². The Kier molecular flexibility index (Phi) is 5.17. The molecule has 0 aromatic rings. The molecule has 0 rings (SSSR count). The molecule has 0 spiro atoms. The molecule has 13 heavy (non-hydrogen) atoms. The standard InChI is InChI=1S/4C2H6N.Sn/c4*1-3-2;/h4*1-2H3;/q4*-1;+4. The molecule has 0 unspecified atom stereocenters. The summed E-state index contributed by atoms with van der Waals surface area (Å²) in [6.07, 6.45) is 0. The van der Waals surface area contributed by atoms with Crippen molar-refractivity contribution in [1.29, 1.82) is 0 Å². The first-order valence-corrected chi connectivity index (χ1v) is 9.58. The summed E-state index contributed by atoms with van der Waals surface area (Å²) in [7, 11) is 17.4. The molecule has 0 heterocycles. The molecule has 0 radical (unpaired) electrons. The fraction of sp³-hybridized carbons (Fsp3) is 1.00. The molecule has 0 aliphatic carbocycles. The van der Waals surface area contributed by atoms with Crippen LogP contribution in [-0.2, 0) is 0 Å². The summed E-state index contributed by atoms with van der Waals surface area (Å²) in [5.74, 6) is 0. The Hall–Kier alpha value is 0.639. The Labute approximate surface area is 88.4 Å². The summed E-state index contributed by atoms with van der Waals surface area (Å²) in [6.45, 7) is 0. The molecular formula is C8H24N4Sn. The Morgan fingerprint density at radius 3 is 0.615 bits per heavy atom. The van der Waals surface area contributed by atoms with Gasteiger partial charge in [-0.1, -0.05) is 0 Å². The third-order valence-electron chi connectivity index (χ3n) is 2.40. The van der Waals surface area contributed by atoms with Crippen LogP contribution in [0.3, 0.4) is 0 Å². The molecule has 5 heteroatoms. The summed E-state index contributed by atoms with van der Waals surface area (Å²) in [4.78, 5) is 0. The van der Waals surface area contributed by atoms with E-state index in [9.17, 15) is 0 Å². The van der Waals surface area contributed by atoms with Gasteiger partial charge < -0.3 is 0 Å². The molecular weight excluding hydrogens is 271 g/mol. The van der Waals surface area contributed by atoms with E-state index in [2.05, 4.69) is 68.9 Å². The quantitative estimate of drug-likeness (QED) is 0.658. The van der Waals surface area contributed by atoms with Crippen LogP contribution in [0.2, 0.25) is 0 Å². The topological polar surface area (TPSA) is 13.0 Å². The van der Waals surface area contributed by atoms with Crippen LogP contribution in [0.25, 0.3) is 0 Å². The van der Waals surface area contributed by atoms with E-state index in [1.807, 2.05) is 0 Å². The van der Waals surface area contributed by atoms with E-state index in [1.165, 1.54) is 0 Å². The van der Waals surface area contributed by atoms with Crippen molar-refractivity contribution in [2.45, 2.75) is 0 Å². The third-order valence-corrected chi connectivity index (χ3v) is 16.1. The van der Waals surface area contributed by atoms with E-state index in [-0.39, 0.29) is 0 Å². The van der Waals surface area contributed by atoms with Crippen LogP contribution < -0.4 is 0 Å². The predicted molar refractivity (Wildman–Crippen MR) is 60.5 cm³/mol. The van der Waals surface area contributed by atoms with Gasteiger partial charge in [0.25, 0.3) is 0 Å². The Bertz CT molecular complexity index is 119. The van der Waals surface area contributed by atoms with Crippen LogP contribution in [0.1, 0.15) is 0 Å². The van der Waals surface area contributed by atoms with Crippen molar-refractivity contribution in [3.63, 3.8) is 0 Å². The van der Waals surface area contributed by atoms with Crippen LogP contribution >= 0.6 is 0 Å². The maximum atomic E-state index is 2.40. The van der Waals surface area contributed by atoms with Gasteiger partial charge in [-0.15, -0.1) is 0 Å². The van der Waals surface area contributed by atoms with Crippen molar-refractivity contribution < 1.29 is 0 Å². The van der Waals surface area contributed by atoms with Crippen molar-refractivity contribution in [2.75, 3.05) is 56.4 Å². The fourth-order valence-corrected chi connectivity index (χ4v) is 16.1. The van der Waals surface area contributed by atoms with Gasteiger partial charge >= 0.3 is 88.3 Å². The van der Waals surface area contributed by atoms with Gasteiger partial charge in [0.05, 0.1) is 0 Å². The summed E-state index contributed by atoms with van der Waals surface area (Å²) >= 11 is -2.59. The normalized spacial score (nSPS) is 13.8. The van der Waals surface area contributed by atoms with Crippen molar-refractivity contribution in [3.8, 4) is 0 Å². The van der Waals surface area contributed by atoms with E-state index in [1.54, 1.807) is 0 Å². The van der Waals surface area contributed by atoms with Gasteiger partial charge in [0.1, 0.15) is 0 Å². The third kappa shape index (κ3) is 2.36. The predicted octanol–water partition coefficient (Wildman–Crippen LogP) is -0.332. The van der Waals surface area contributed by atoms with E-state index in [4.69, 9.17) is 0 Å². The second kappa shape index (κ2) is 4.93. The average molecular weight is 295 g/mol. The molecule has 0 amide bonds. The van der Waals surface area contributed by atoms with E-state index < -0.39 is 19.5 Å². The van der Waals surface area contributed by atoms with Gasteiger partial charge in [-0.05, 0) is 0 Å². The van der Waals surface area contributed by atoms with Crippen LogP contribution in [0.15, 0.2) is 0 Å². The van der Waals surface area contributed by atoms with Gasteiger partial charge in [-0.3, -0.25) is 0 Å². The zero-order valence-corrected chi connectivity index (χ0v) is 13.1. The number of rotatable bonds is 4. The number of hydrogen-bond acceptors (Lipinski definition) is 4. The van der Waals surface area contributed by atoms with E-state index in [0.29, 0.717) is 0 Å². The monoisotopic (exact) mass is 296 g/mol. The van der Waals surface area contributed by atoms with Crippen molar-refractivity contribution in [1.82, 2.24) is 12.5 Å². The zero-order chi connectivity index (χ0) is 10.8. The summed E-state index contributed by atoms with van der Waals surface area (Å²) in [5, 5.41) is 0. The van der Waals surface area contributed by atoms with Gasteiger partial charge in [-0.25, -0.2) is 0 Å². The fourth-order valence-electron chi connectivity index (χ4n) is 2.40. The minimum atomic E-state index is -2.59. The van der Waals surface area contributed by atoms with Crippen LogP contribution in [0.5, 0.6) is 0 Å². The van der Waals surface area contributed by atoms with E-state index in [0.717, 1.165) is 0 Å². The molecule has 0 fully saturated rings. The molecule has 0 atom stereocenters.